The first kappa shape index (κ1) is 11.4. The molecule has 5 nitrogen and oxygen atoms in total. The molecule has 2 rings (SSSR count). The number of anilines is 1. The van der Waals surface area contributed by atoms with Gasteiger partial charge < -0.3 is 10.1 Å². The first-order chi connectivity index (χ1) is 8.18. The maximum Gasteiger partial charge on any atom is 0.302 e. The maximum atomic E-state index is 11.5. The second kappa shape index (κ2) is 4.86. The van der Waals surface area contributed by atoms with Crippen LogP contribution in [0.3, 0.4) is 0 Å². The van der Waals surface area contributed by atoms with Crippen molar-refractivity contribution >= 4 is 5.88 Å². The van der Waals surface area contributed by atoms with Crippen LogP contribution in [0.4, 0.5) is 5.88 Å². The van der Waals surface area contributed by atoms with Crippen LogP contribution in [0, 0.1) is 5.21 Å². The van der Waals surface area contributed by atoms with Crippen molar-refractivity contribution in [1.82, 2.24) is 5.27 Å². The number of aromatic nitrogens is 2. The lowest BCUT2D eigenvalue weighted by molar-refractivity contribution is -0.686. The zero-order valence-electron chi connectivity index (χ0n) is 9.96. The average molecular weight is 233 g/mol. The van der Waals surface area contributed by atoms with E-state index in [2.05, 4.69) is 5.27 Å². The van der Waals surface area contributed by atoms with Crippen molar-refractivity contribution in [3.63, 3.8) is 0 Å². The molecule has 17 heavy (non-hydrogen) atoms. The molecule has 90 valence electrons. The lowest BCUT2D eigenvalue weighted by Crippen LogP contribution is -2.33. The first-order valence-corrected chi connectivity index (χ1v) is 5.48. The molecule has 0 bridgehead atoms. The van der Waals surface area contributed by atoms with Gasteiger partial charge in [-0.3, -0.25) is 4.52 Å². The van der Waals surface area contributed by atoms with Crippen LogP contribution in [0.5, 0.6) is 0 Å². The van der Waals surface area contributed by atoms with Crippen LogP contribution in [-0.2, 0) is 12.8 Å². The molecular weight excluding hydrogens is 218 g/mol. The summed E-state index contributed by atoms with van der Waals surface area (Å²) in [6, 6.07) is 10.0. The predicted octanol–water partition coefficient (Wildman–Crippen LogP) is 1.16. The third-order valence-electron chi connectivity index (χ3n) is 2.58. The van der Waals surface area contributed by atoms with E-state index < -0.39 is 0 Å². The quantitative estimate of drug-likeness (QED) is 0.587. The van der Waals surface area contributed by atoms with Crippen molar-refractivity contribution in [1.29, 1.82) is 0 Å². The first-order valence-electron chi connectivity index (χ1n) is 5.48. The summed E-state index contributed by atoms with van der Waals surface area (Å²) in [5, 5.41) is 14.8. The van der Waals surface area contributed by atoms with Crippen molar-refractivity contribution in [2.24, 2.45) is 0 Å². The van der Waals surface area contributed by atoms with E-state index in [0.29, 0.717) is 22.8 Å². The number of aryl methyl sites for hydroxylation is 1. The summed E-state index contributed by atoms with van der Waals surface area (Å²) in [6.45, 7) is 0. The Morgan fingerprint density at radius 3 is 2.59 bits per heavy atom. The van der Waals surface area contributed by atoms with Crippen molar-refractivity contribution in [3.05, 3.63) is 46.8 Å². The Morgan fingerprint density at radius 2 is 1.94 bits per heavy atom. The Labute approximate surface area is 99.8 Å². The second-order valence-corrected chi connectivity index (χ2v) is 4.08. The van der Waals surface area contributed by atoms with E-state index >= 15 is 0 Å². The number of hydrogen-bond acceptors (Lipinski definition) is 4. The molecule has 0 saturated carbocycles. The van der Waals surface area contributed by atoms with Gasteiger partial charge in [-0.15, -0.1) is 0 Å². The van der Waals surface area contributed by atoms with Crippen molar-refractivity contribution in [2.75, 3.05) is 19.0 Å². The van der Waals surface area contributed by atoms with Gasteiger partial charge in [-0.05, 0) is 16.8 Å². The van der Waals surface area contributed by atoms with Gasteiger partial charge in [-0.2, -0.15) is 0 Å². The molecule has 0 radical (unpaired) electrons. The van der Waals surface area contributed by atoms with Crippen LogP contribution in [-0.4, -0.2) is 19.4 Å². The van der Waals surface area contributed by atoms with Gasteiger partial charge in [0, 0.05) is 20.5 Å². The topological polar surface area (TPSA) is 56.2 Å². The molecule has 1 aromatic carbocycles. The minimum absolute atomic E-state index is 0.524. The Balaban J connectivity index is 2.11. The van der Waals surface area contributed by atoms with Crippen LogP contribution >= 0.6 is 0 Å². The van der Waals surface area contributed by atoms with Gasteiger partial charge in [-0.1, -0.05) is 30.3 Å². The number of rotatable bonds is 4. The van der Waals surface area contributed by atoms with Gasteiger partial charge >= 0.3 is 5.88 Å². The van der Waals surface area contributed by atoms with E-state index in [1.165, 1.54) is 5.56 Å². The van der Waals surface area contributed by atoms with E-state index in [0.717, 1.165) is 6.42 Å². The number of hydrogen-bond donors (Lipinski definition) is 0. The van der Waals surface area contributed by atoms with E-state index in [4.69, 9.17) is 4.52 Å². The number of nitrogens with zero attached hydrogens (tertiary/aromatic N) is 3. The highest BCUT2D eigenvalue weighted by atomic mass is 16.6. The molecule has 5 heteroatoms. The summed E-state index contributed by atoms with van der Waals surface area (Å²) in [5.74, 6) is 0.524. The molecule has 0 fully saturated rings. The average Bonchev–Trinajstić information content (AvgIpc) is 2.69. The minimum atomic E-state index is 0.524. The molecule has 0 N–H and O–H groups in total. The molecule has 0 saturated heterocycles. The largest absolute Gasteiger partial charge is 0.592 e. The van der Waals surface area contributed by atoms with Crippen molar-refractivity contribution < 1.29 is 9.37 Å². The van der Waals surface area contributed by atoms with Crippen molar-refractivity contribution in [3.8, 4) is 0 Å². The molecule has 0 atom stereocenters. The van der Waals surface area contributed by atoms with Gasteiger partial charge in [0.1, 0.15) is 0 Å². The lowest BCUT2D eigenvalue weighted by atomic mass is 10.1. The minimum Gasteiger partial charge on any atom is -0.592 e. The highest BCUT2D eigenvalue weighted by molar-refractivity contribution is 5.35. The van der Waals surface area contributed by atoms with Gasteiger partial charge in [-0.25, -0.2) is 0 Å². The molecule has 0 aliphatic heterocycles. The highest BCUT2D eigenvalue weighted by Crippen LogP contribution is 2.15. The van der Waals surface area contributed by atoms with Gasteiger partial charge in [0.25, 0.3) is 5.69 Å². The molecular formula is C12H15N3O2. The second-order valence-electron chi connectivity index (χ2n) is 4.08. The molecule has 0 spiro atoms. The van der Waals surface area contributed by atoms with Crippen LogP contribution < -0.4 is 9.75 Å². The molecule has 0 aliphatic carbocycles. The zero-order chi connectivity index (χ0) is 12.3. The van der Waals surface area contributed by atoms with Crippen molar-refractivity contribution in [2.45, 2.75) is 12.8 Å². The summed E-state index contributed by atoms with van der Waals surface area (Å²) in [4.78, 5) is 2.31. The fourth-order valence-corrected chi connectivity index (χ4v) is 1.71. The number of benzene rings is 1. The standard InChI is InChI=1S/C12H15N3O2/c1-14(2)12-11(15(16)13-17-12)9-8-10-6-4-3-5-7-10/h3-7H,8-9H2,1-2H3. The van der Waals surface area contributed by atoms with Crippen LogP contribution in [0.25, 0.3) is 0 Å². The fourth-order valence-electron chi connectivity index (χ4n) is 1.71. The third-order valence-corrected chi connectivity index (χ3v) is 2.58. The van der Waals surface area contributed by atoms with E-state index in [1.54, 1.807) is 4.90 Å². The fraction of sp³-hybridized carbons (Fsp3) is 0.333. The van der Waals surface area contributed by atoms with Gasteiger partial charge in [0.2, 0.25) is 5.27 Å². The molecule has 1 heterocycles. The monoisotopic (exact) mass is 233 g/mol. The Kier molecular flexibility index (Phi) is 3.27. The zero-order valence-corrected chi connectivity index (χ0v) is 9.96. The van der Waals surface area contributed by atoms with Gasteiger partial charge in [0.15, 0.2) is 0 Å². The van der Waals surface area contributed by atoms with E-state index in [1.807, 2.05) is 44.4 Å². The maximum absolute atomic E-state index is 11.5. The summed E-state index contributed by atoms with van der Waals surface area (Å²) in [6.07, 6.45) is 1.41. The van der Waals surface area contributed by atoms with Crippen LogP contribution in [0.15, 0.2) is 34.9 Å². The third kappa shape index (κ3) is 2.55. The van der Waals surface area contributed by atoms with E-state index in [-0.39, 0.29) is 0 Å². The predicted molar refractivity (Wildman–Crippen MR) is 63.6 cm³/mol. The highest BCUT2D eigenvalue weighted by Gasteiger charge is 2.21. The molecule has 0 aliphatic rings. The summed E-state index contributed by atoms with van der Waals surface area (Å²) in [7, 11) is 3.65. The molecule has 0 amide bonds. The Morgan fingerprint density at radius 1 is 1.24 bits per heavy atom. The van der Waals surface area contributed by atoms with Crippen LogP contribution in [0.2, 0.25) is 0 Å². The Hall–Kier alpha value is -2.04. The summed E-state index contributed by atoms with van der Waals surface area (Å²) < 4.78 is 4.97. The smallest absolute Gasteiger partial charge is 0.302 e. The summed E-state index contributed by atoms with van der Waals surface area (Å²) >= 11 is 0. The molecule has 0 unspecified atom stereocenters. The Bertz CT molecular complexity index is 480. The van der Waals surface area contributed by atoms with E-state index in [9.17, 15) is 5.21 Å². The lowest BCUT2D eigenvalue weighted by Gasteiger charge is -2.05. The van der Waals surface area contributed by atoms with Gasteiger partial charge in [0.05, 0.1) is 0 Å². The molecule has 1 aromatic heterocycles. The van der Waals surface area contributed by atoms with Crippen LogP contribution in [0.1, 0.15) is 11.3 Å². The summed E-state index contributed by atoms with van der Waals surface area (Å²) in [5.41, 5.74) is 1.76. The SMILES string of the molecule is CN(C)c1on[n+]([O-])c1CCc1ccccc1. The molecule has 2 aromatic rings. The normalized spacial score (nSPS) is 10.5.